The fourth-order valence-corrected chi connectivity index (χ4v) is 3.07. The highest BCUT2D eigenvalue weighted by atomic mass is 32.2. The molecular formula is C11H19NO6S. The van der Waals surface area contributed by atoms with E-state index in [4.69, 9.17) is 0 Å². The minimum absolute atomic E-state index is 0.0547. The van der Waals surface area contributed by atoms with E-state index in [0.29, 0.717) is 0 Å². The van der Waals surface area contributed by atoms with Crippen molar-refractivity contribution in [3.8, 4) is 0 Å². The summed E-state index contributed by atoms with van der Waals surface area (Å²) in [5.74, 6) is -1.86. The highest BCUT2D eigenvalue weighted by Gasteiger charge is 2.36. The van der Waals surface area contributed by atoms with Crippen LogP contribution in [0.4, 0.5) is 0 Å². The van der Waals surface area contributed by atoms with Gasteiger partial charge >= 0.3 is 11.9 Å². The first kappa shape index (κ1) is 15.9. The van der Waals surface area contributed by atoms with Gasteiger partial charge in [0, 0.05) is 0 Å². The maximum atomic E-state index is 11.8. The summed E-state index contributed by atoms with van der Waals surface area (Å²) >= 11 is 0. The molecule has 0 spiro atoms. The topological polar surface area (TPSA) is 98.8 Å². The lowest BCUT2D eigenvalue weighted by Gasteiger charge is -2.15. The number of nitrogens with one attached hydrogen (secondary N) is 1. The molecule has 0 bridgehead atoms. The average Bonchev–Trinajstić information content (AvgIpc) is 3.09. The first-order valence-electron chi connectivity index (χ1n) is 6.22. The molecule has 0 aromatic carbocycles. The Hall–Kier alpha value is -1.15. The Balaban J connectivity index is 2.71. The molecule has 0 unspecified atom stereocenters. The minimum atomic E-state index is -3.70. The molecule has 0 amide bonds. The highest BCUT2D eigenvalue weighted by molar-refractivity contribution is 7.89. The molecule has 1 N–H and O–H groups in total. The van der Waals surface area contributed by atoms with Gasteiger partial charge in [0.05, 0.1) is 19.0 Å². The van der Waals surface area contributed by atoms with Crippen LogP contribution in [-0.4, -0.2) is 45.4 Å². The molecule has 1 rings (SSSR count). The van der Waals surface area contributed by atoms with E-state index in [1.807, 2.05) is 0 Å². The Morgan fingerprint density at radius 2 is 1.63 bits per heavy atom. The van der Waals surface area contributed by atoms with E-state index in [2.05, 4.69) is 14.2 Å². The molecule has 1 aliphatic rings. The molecule has 110 valence electrons. The third-order valence-corrected chi connectivity index (χ3v) is 4.00. The normalized spacial score (nSPS) is 15.3. The van der Waals surface area contributed by atoms with Gasteiger partial charge in [-0.1, -0.05) is 0 Å². The van der Waals surface area contributed by atoms with Crippen molar-refractivity contribution < 1.29 is 27.5 Å². The van der Waals surface area contributed by atoms with Crippen molar-refractivity contribution in [2.24, 2.45) is 5.92 Å². The number of carbonyl (C=O) groups excluding carboxylic acids is 2. The number of rotatable bonds is 8. The lowest BCUT2D eigenvalue weighted by Crippen LogP contribution is -2.49. The van der Waals surface area contributed by atoms with Gasteiger partial charge in [-0.3, -0.25) is 0 Å². The molecule has 0 aliphatic heterocycles. The summed E-state index contributed by atoms with van der Waals surface area (Å²) in [6.07, 6.45) is 1.70. The van der Waals surface area contributed by atoms with Crippen LogP contribution < -0.4 is 4.72 Å². The zero-order valence-electron chi connectivity index (χ0n) is 11.0. The zero-order chi connectivity index (χ0) is 14.5. The predicted molar refractivity (Wildman–Crippen MR) is 66.7 cm³/mol. The summed E-state index contributed by atoms with van der Waals surface area (Å²) in [5, 5.41) is 0. The first-order chi connectivity index (χ1) is 8.89. The maximum absolute atomic E-state index is 11.8. The Bertz CT molecular complexity index is 410. The molecule has 1 aliphatic carbocycles. The number of carbonyl (C=O) groups is 2. The number of hydrogen-bond donors (Lipinski definition) is 1. The van der Waals surface area contributed by atoms with Crippen LogP contribution in [0.1, 0.15) is 26.7 Å². The van der Waals surface area contributed by atoms with Crippen molar-refractivity contribution in [1.82, 2.24) is 4.72 Å². The molecular weight excluding hydrogens is 274 g/mol. The monoisotopic (exact) mass is 293 g/mol. The van der Waals surface area contributed by atoms with E-state index >= 15 is 0 Å². The first-order valence-corrected chi connectivity index (χ1v) is 7.88. The van der Waals surface area contributed by atoms with Gasteiger partial charge in [-0.2, -0.15) is 4.72 Å². The van der Waals surface area contributed by atoms with Gasteiger partial charge in [0.1, 0.15) is 0 Å². The van der Waals surface area contributed by atoms with E-state index in [1.165, 1.54) is 0 Å². The molecule has 19 heavy (non-hydrogen) atoms. The van der Waals surface area contributed by atoms with Gasteiger partial charge in [0.15, 0.2) is 0 Å². The van der Waals surface area contributed by atoms with Gasteiger partial charge in [-0.05, 0) is 32.6 Å². The van der Waals surface area contributed by atoms with Crippen LogP contribution in [0.25, 0.3) is 0 Å². The Morgan fingerprint density at radius 1 is 1.16 bits per heavy atom. The molecule has 8 heteroatoms. The van der Waals surface area contributed by atoms with Crippen LogP contribution in [0.5, 0.6) is 0 Å². The molecule has 7 nitrogen and oxygen atoms in total. The molecule has 1 saturated carbocycles. The predicted octanol–water partition coefficient (Wildman–Crippen LogP) is -0.189. The van der Waals surface area contributed by atoms with E-state index in [1.54, 1.807) is 13.8 Å². The SMILES string of the molecule is CCOC(=O)C(NS(=O)(=O)CC1CC1)C(=O)OCC. The fourth-order valence-electron chi connectivity index (χ4n) is 1.47. The van der Waals surface area contributed by atoms with Crippen LogP contribution in [0.3, 0.4) is 0 Å². The Labute approximate surface area is 112 Å². The van der Waals surface area contributed by atoms with Crippen molar-refractivity contribution in [2.45, 2.75) is 32.7 Å². The van der Waals surface area contributed by atoms with Crippen molar-refractivity contribution >= 4 is 22.0 Å². The van der Waals surface area contributed by atoms with Crippen LogP contribution in [0.15, 0.2) is 0 Å². The number of sulfonamides is 1. The second-order valence-corrected chi connectivity index (χ2v) is 6.08. The minimum Gasteiger partial charge on any atom is -0.464 e. The molecule has 0 atom stereocenters. The molecule has 0 radical (unpaired) electrons. The quantitative estimate of drug-likeness (QED) is 0.492. The summed E-state index contributed by atoms with van der Waals surface area (Å²) in [6, 6.07) is -1.62. The lowest BCUT2D eigenvalue weighted by atomic mass is 10.3. The standard InChI is InChI=1S/C11H19NO6S/c1-3-17-10(13)9(11(14)18-4-2)12-19(15,16)7-8-5-6-8/h8-9,12H,3-7H2,1-2H3. The van der Waals surface area contributed by atoms with Crippen molar-refractivity contribution in [3.63, 3.8) is 0 Å². The van der Waals surface area contributed by atoms with E-state index in [-0.39, 0.29) is 24.9 Å². The Morgan fingerprint density at radius 3 is 2.00 bits per heavy atom. The summed E-state index contributed by atoms with van der Waals surface area (Å²) in [7, 11) is -3.70. The van der Waals surface area contributed by atoms with Crippen LogP contribution in [0.2, 0.25) is 0 Å². The highest BCUT2D eigenvalue weighted by Crippen LogP contribution is 2.30. The molecule has 1 fully saturated rings. The van der Waals surface area contributed by atoms with Crippen LogP contribution >= 0.6 is 0 Å². The fraction of sp³-hybridized carbons (Fsp3) is 0.818. The van der Waals surface area contributed by atoms with Crippen LogP contribution in [-0.2, 0) is 29.1 Å². The molecule has 0 saturated heterocycles. The van der Waals surface area contributed by atoms with E-state index in [0.717, 1.165) is 12.8 Å². The molecule has 0 aromatic rings. The van der Waals surface area contributed by atoms with Crippen LogP contribution in [0, 0.1) is 5.92 Å². The number of ether oxygens (including phenoxy) is 2. The van der Waals surface area contributed by atoms with Crippen molar-refractivity contribution in [2.75, 3.05) is 19.0 Å². The van der Waals surface area contributed by atoms with Crippen molar-refractivity contribution in [3.05, 3.63) is 0 Å². The van der Waals surface area contributed by atoms with Gasteiger partial charge in [-0.15, -0.1) is 0 Å². The van der Waals surface area contributed by atoms with Gasteiger partial charge in [0.25, 0.3) is 0 Å². The molecule has 0 heterocycles. The lowest BCUT2D eigenvalue weighted by molar-refractivity contribution is -0.157. The van der Waals surface area contributed by atoms with E-state index < -0.39 is 28.0 Å². The third kappa shape index (κ3) is 5.56. The number of esters is 2. The van der Waals surface area contributed by atoms with Crippen molar-refractivity contribution in [1.29, 1.82) is 0 Å². The number of hydrogen-bond acceptors (Lipinski definition) is 6. The summed E-state index contributed by atoms with van der Waals surface area (Å²) in [6.45, 7) is 3.25. The van der Waals surface area contributed by atoms with E-state index in [9.17, 15) is 18.0 Å². The smallest absolute Gasteiger partial charge is 0.335 e. The average molecular weight is 293 g/mol. The summed E-state index contributed by atoms with van der Waals surface area (Å²) < 4.78 is 35.0. The largest absolute Gasteiger partial charge is 0.464 e. The summed E-state index contributed by atoms with van der Waals surface area (Å²) in [5.41, 5.74) is 0. The third-order valence-electron chi connectivity index (χ3n) is 2.49. The zero-order valence-corrected chi connectivity index (χ0v) is 11.9. The van der Waals surface area contributed by atoms with Gasteiger partial charge < -0.3 is 9.47 Å². The maximum Gasteiger partial charge on any atom is 0.335 e. The second kappa shape index (κ2) is 6.85. The van der Waals surface area contributed by atoms with Gasteiger partial charge in [-0.25, -0.2) is 18.0 Å². The Kier molecular flexibility index (Phi) is 5.74. The second-order valence-electron chi connectivity index (χ2n) is 4.28. The van der Waals surface area contributed by atoms with Gasteiger partial charge in [0.2, 0.25) is 16.1 Å². The summed E-state index contributed by atoms with van der Waals surface area (Å²) in [4.78, 5) is 23.2. The molecule has 0 aromatic heterocycles.